The molecular formula is C46H31F2N3. The Kier molecular flexibility index (Phi) is 7.36. The maximum Gasteiger partial charge on any atom is 0.299 e. The van der Waals surface area contributed by atoms with Crippen LogP contribution in [0.5, 0.6) is 0 Å². The molecule has 0 saturated carbocycles. The molecule has 3 nitrogen and oxygen atoms in total. The van der Waals surface area contributed by atoms with Crippen molar-refractivity contribution in [3.63, 3.8) is 0 Å². The van der Waals surface area contributed by atoms with E-state index in [0.717, 1.165) is 55.8 Å². The van der Waals surface area contributed by atoms with E-state index in [4.69, 9.17) is 15.0 Å². The fourth-order valence-electron chi connectivity index (χ4n) is 7.18. The zero-order valence-corrected chi connectivity index (χ0v) is 27.8. The van der Waals surface area contributed by atoms with Gasteiger partial charge in [-0.1, -0.05) is 140 Å². The van der Waals surface area contributed by atoms with E-state index in [1.54, 1.807) is 18.2 Å². The van der Waals surface area contributed by atoms with E-state index in [0.29, 0.717) is 28.6 Å². The quantitative estimate of drug-likeness (QED) is 0.184. The maximum atomic E-state index is 15.7. The molecule has 2 aliphatic rings. The third kappa shape index (κ3) is 5.38. The van der Waals surface area contributed by atoms with Crippen molar-refractivity contribution in [1.29, 1.82) is 0 Å². The lowest BCUT2D eigenvalue weighted by atomic mass is 9.92. The van der Waals surface area contributed by atoms with Crippen LogP contribution in [-0.2, 0) is 5.92 Å². The van der Waals surface area contributed by atoms with Gasteiger partial charge in [0.1, 0.15) is 0 Å². The molecular weight excluding hydrogens is 633 g/mol. The number of allylic oxidation sites excluding steroid dienone is 8. The number of halogens is 2. The number of hydrogen-bond donors (Lipinski definition) is 0. The summed E-state index contributed by atoms with van der Waals surface area (Å²) in [6, 6.07) is 38.7. The SMILES string of the molecule is C/C(=C\C=C1\C=CC=CC1)c1nc(-c2ccc3ccccc3c2)nc(-c2ccc(-c3ccc4c(c3)C(F)(F)c3ccccc3-4)c3ccccc23)n1. The summed E-state index contributed by atoms with van der Waals surface area (Å²) >= 11 is 0. The standard InChI is InChI=1S/C46H31F2N3/c1-29(19-20-30-11-3-2-4-12-30)43-49-44(34-22-21-31-13-5-6-14-32(31)27-34)51-45(50-43)40-26-25-35(36-15-7-8-16-37(36)40)33-23-24-39-38-17-9-10-18-41(38)46(47,48)42(39)28-33/h2-11,13-28H,12H2,1H3/b29-19+,30-20-. The predicted octanol–water partition coefficient (Wildman–Crippen LogP) is 12.1. The minimum atomic E-state index is -3.07. The van der Waals surface area contributed by atoms with Crippen molar-refractivity contribution in [2.24, 2.45) is 0 Å². The number of fused-ring (bicyclic) bond motifs is 5. The van der Waals surface area contributed by atoms with Gasteiger partial charge in [-0.3, -0.25) is 0 Å². The van der Waals surface area contributed by atoms with Crippen molar-refractivity contribution in [2.75, 3.05) is 0 Å². The van der Waals surface area contributed by atoms with E-state index in [9.17, 15) is 0 Å². The lowest BCUT2D eigenvalue weighted by molar-refractivity contribution is 0.0480. The lowest BCUT2D eigenvalue weighted by Crippen LogP contribution is -2.10. The third-order valence-corrected chi connectivity index (χ3v) is 9.84. The van der Waals surface area contributed by atoms with Gasteiger partial charge in [0.2, 0.25) is 0 Å². The molecule has 0 unspecified atom stereocenters. The van der Waals surface area contributed by atoms with Gasteiger partial charge in [0.15, 0.2) is 17.5 Å². The first kappa shape index (κ1) is 30.7. The Morgan fingerprint density at radius 3 is 2.14 bits per heavy atom. The van der Waals surface area contributed by atoms with Gasteiger partial charge < -0.3 is 0 Å². The van der Waals surface area contributed by atoms with Crippen LogP contribution in [0, 0.1) is 0 Å². The summed E-state index contributed by atoms with van der Waals surface area (Å²) in [5.41, 5.74) is 6.70. The van der Waals surface area contributed by atoms with Crippen LogP contribution in [0.2, 0.25) is 0 Å². The van der Waals surface area contributed by atoms with Crippen LogP contribution in [0.15, 0.2) is 163 Å². The van der Waals surface area contributed by atoms with Gasteiger partial charge in [0.05, 0.1) is 0 Å². The number of alkyl halides is 2. The van der Waals surface area contributed by atoms with E-state index in [2.05, 4.69) is 60.7 Å². The highest BCUT2D eigenvalue weighted by molar-refractivity contribution is 6.04. The molecule has 51 heavy (non-hydrogen) atoms. The minimum absolute atomic E-state index is 0.0356. The highest BCUT2D eigenvalue weighted by Crippen LogP contribution is 2.52. The summed E-state index contributed by atoms with van der Waals surface area (Å²) in [7, 11) is 0. The molecule has 0 fully saturated rings. The molecule has 6 aromatic carbocycles. The fraction of sp³-hybridized carbons (Fsp3) is 0.0652. The molecule has 0 aliphatic heterocycles. The average Bonchev–Trinajstić information content (AvgIpc) is 3.42. The zero-order valence-electron chi connectivity index (χ0n) is 27.8. The highest BCUT2D eigenvalue weighted by Gasteiger charge is 2.44. The molecule has 0 saturated heterocycles. The largest absolute Gasteiger partial charge is 0.299 e. The first-order valence-electron chi connectivity index (χ1n) is 17.0. The number of rotatable bonds is 5. The van der Waals surface area contributed by atoms with Crippen molar-refractivity contribution >= 4 is 27.1 Å². The molecule has 0 atom stereocenters. The fourth-order valence-corrected chi connectivity index (χ4v) is 7.18. The van der Waals surface area contributed by atoms with Crippen molar-refractivity contribution in [2.45, 2.75) is 19.3 Å². The molecule has 2 aliphatic carbocycles. The number of nitrogens with zero attached hydrogens (tertiary/aromatic N) is 3. The smallest absolute Gasteiger partial charge is 0.209 e. The Balaban J connectivity index is 1.19. The molecule has 0 spiro atoms. The average molecular weight is 664 g/mol. The van der Waals surface area contributed by atoms with Crippen LogP contribution in [0.4, 0.5) is 8.78 Å². The second kappa shape index (κ2) is 12.2. The molecule has 9 rings (SSSR count). The first-order valence-corrected chi connectivity index (χ1v) is 17.0. The zero-order chi connectivity index (χ0) is 34.5. The van der Waals surface area contributed by atoms with Crippen molar-refractivity contribution in [3.05, 3.63) is 180 Å². The first-order chi connectivity index (χ1) is 24.9. The Hall–Kier alpha value is -6.33. The minimum Gasteiger partial charge on any atom is -0.209 e. The molecule has 244 valence electrons. The van der Waals surface area contributed by atoms with Crippen molar-refractivity contribution < 1.29 is 8.78 Å². The summed E-state index contributed by atoms with van der Waals surface area (Å²) < 4.78 is 31.4. The van der Waals surface area contributed by atoms with Crippen LogP contribution in [-0.4, -0.2) is 15.0 Å². The van der Waals surface area contributed by atoms with Crippen LogP contribution >= 0.6 is 0 Å². The van der Waals surface area contributed by atoms with Gasteiger partial charge in [-0.25, -0.2) is 15.0 Å². The second-order valence-electron chi connectivity index (χ2n) is 13.0. The van der Waals surface area contributed by atoms with Crippen LogP contribution in [0.25, 0.3) is 72.1 Å². The summed E-state index contributed by atoms with van der Waals surface area (Å²) in [6.07, 6.45) is 13.4. The second-order valence-corrected chi connectivity index (χ2v) is 13.0. The molecule has 1 aromatic heterocycles. The van der Waals surface area contributed by atoms with E-state index in [1.807, 2.05) is 79.7 Å². The molecule has 1 heterocycles. The summed E-state index contributed by atoms with van der Waals surface area (Å²) in [6.45, 7) is 2.02. The molecule has 0 amide bonds. The third-order valence-electron chi connectivity index (χ3n) is 9.84. The summed E-state index contributed by atoms with van der Waals surface area (Å²) in [4.78, 5) is 15.1. The highest BCUT2D eigenvalue weighted by atomic mass is 19.3. The number of benzene rings is 6. The predicted molar refractivity (Wildman–Crippen MR) is 204 cm³/mol. The normalized spacial score (nSPS) is 15.4. The Morgan fingerprint density at radius 1 is 0.608 bits per heavy atom. The molecule has 0 radical (unpaired) electrons. The Labute approximate surface area is 294 Å². The van der Waals surface area contributed by atoms with E-state index in [-0.39, 0.29) is 11.1 Å². The van der Waals surface area contributed by atoms with Gasteiger partial charge in [0.25, 0.3) is 5.92 Å². The van der Waals surface area contributed by atoms with Crippen molar-refractivity contribution in [3.8, 4) is 45.0 Å². The van der Waals surface area contributed by atoms with Gasteiger partial charge in [0, 0.05) is 22.3 Å². The molecule has 0 bridgehead atoms. The van der Waals surface area contributed by atoms with E-state index >= 15 is 8.78 Å². The van der Waals surface area contributed by atoms with E-state index in [1.165, 1.54) is 11.6 Å². The maximum absolute atomic E-state index is 15.7. The summed E-state index contributed by atoms with van der Waals surface area (Å²) in [5, 5.41) is 4.10. The molecule has 0 N–H and O–H groups in total. The molecule has 5 heteroatoms. The van der Waals surface area contributed by atoms with Crippen LogP contribution in [0.3, 0.4) is 0 Å². The van der Waals surface area contributed by atoms with Gasteiger partial charge in [-0.2, -0.15) is 8.78 Å². The molecule has 7 aromatic rings. The Bertz CT molecular complexity index is 2660. The van der Waals surface area contributed by atoms with Crippen molar-refractivity contribution in [1.82, 2.24) is 15.0 Å². The number of hydrogen-bond acceptors (Lipinski definition) is 3. The Morgan fingerprint density at radius 2 is 1.29 bits per heavy atom. The van der Waals surface area contributed by atoms with Crippen LogP contribution in [0.1, 0.15) is 30.3 Å². The van der Waals surface area contributed by atoms with E-state index < -0.39 is 5.92 Å². The monoisotopic (exact) mass is 663 g/mol. The van der Waals surface area contributed by atoms with Gasteiger partial charge in [-0.05, 0) is 86.5 Å². The topological polar surface area (TPSA) is 38.7 Å². The van der Waals surface area contributed by atoms with Crippen LogP contribution < -0.4 is 0 Å². The number of aromatic nitrogens is 3. The van der Waals surface area contributed by atoms with Gasteiger partial charge in [-0.15, -0.1) is 0 Å². The van der Waals surface area contributed by atoms with Gasteiger partial charge >= 0.3 is 0 Å². The lowest BCUT2D eigenvalue weighted by Gasteiger charge is -2.15. The summed E-state index contributed by atoms with van der Waals surface area (Å²) in [5.74, 6) is -1.36.